The second kappa shape index (κ2) is 5.20. The molecule has 0 radical (unpaired) electrons. The highest BCUT2D eigenvalue weighted by molar-refractivity contribution is 6.99. The topological polar surface area (TPSA) is 55.2 Å². The number of aliphatic hydroxyl groups excluding tert-OH is 1. The second-order valence-electron chi connectivity index (χ2n) is 3.52. The molecule has 6 heteroatoms. The number of rotatable bonds is 4. The molecule has 90 valence electrons. The normalized spacial score (nSPS) is 12.4. The summed E-state index contributed by atoms with van der Waals surface area (Å²) >= 11 is 1.03. The molecule has 0 aliphatic carbocycles. The summed E-state index contributed by atoms with van der Waals surface area (Å²) < 4.78 is 26.0. The number of methoxy groups -OCH3 is 1. The highest BCUT2D eigenvalue weighted by atomic mass is 32.1. The van der Waals surface area contributed by atoms with Crippen LogP contribution in [0.25, 0.3) is 0 Å². The number of halogens is 1. The Kier molecular flexibility index (Phi) is 3.65. The molecule has 1 aromatic heterocycles. The van der Waals surface area contributed by atoms with E-state index in [1.54, 1.807) is 6.07 Å². The van der Waals surface area contributed by atoms with E-state index in [0.29, 0.717) is 17.7 Å². The van der Waals surface area contributed by atoms with Crippen molar-refractivity contribution in [3.05, 3.63) is 41.5 Å². The molecule has 4 nitrogen and oxygen atoms in total. The first-order chi connectivity index (χ1) is 8.20. The summed E-state index contributed by atoms with van der Waals surface area (Å²) in [6, 6.07) is 4.60. The zero-order valence-electron chi connectivity index (χ0n) is 9.13. The number of aromatic nitrogens is 2. The summed E-state index contributed by atoms with van der Waals surface area (Å²) in [5.74, 6) is -0.243. The van der Waals surface area contributed by atoms with Crippen LogP contribution in [0.15, 0.2) is 24.4 Å². The molecule has 0 saturated carbocycles. The predicted molar refractivity (Wildman–Crippen MR) is 61.5 cm³/mol. The molecule has 17 heavy (non-hydrogen) atoms. The van der Waals surface area contributed by atoms with Crippen LogP contribution in [-0.4, -0.2) is 21.0 Å². The summed E-state index contributed by atoms with van der Waals surface area (Å²) in [6.45, 7) is 0. The maximum atomic E-state index is 13.4. The average Bonchev–Trinajstić information content (AvgIpc) is 2.82. The van der Waals surface area contributed by atoms with Gasteiger partial charge in [-0.05, 0) is 17.7 Å². The van der Waals surface area contributed by atoms with E-state index in [-0.39, 0.29) is 5.75 Å². The Labute approximate surface area is 102 Å². The molecule has 0 saturated heterocycles. The minimum absolute atomic E-state index is 0.193. The maximum Gasteiger partial charge on any atom is 0.165 e. The molecule has 0 amide bonds. The Balaban J connectivity index is 2.11. The van der Waals surface area contributed by atoms with Crippen LogP contribution in [-0.2, 0) is 6.42 Å². The van der Waals surface area contributed by atoms with Gasteiger partial charge in [-0.25, -0.2) is 4.39 Å². The second-order valence-corrected chi connectivity index (χ2v) is 4.08. The third kappa shape index (κ3) is 2.78. The number of hydrogen-bond donors (Lipinski definition) is 1. The Morgan fingerprint density at radius 3 is 2.94 bits per heavy atom. The Bertz CT molecular complexity index is 490. The molecule has 1 heterocycles. The zero-order chi connectivity index (χ0) is 12.3. The minimum atomic E-state index is -0.762. The van der Waals surface area contributed by atoms with Gasteiger partial charge in [0.2, 0.25) is 0 Å². The van der Waals surface area contributed by atoms with E-state index in [0.717, 1.165) is 11.7 Å². The molecular weight excluding hydrogens is 243 g/mol. The molecule has 1 N–H and O–H groups in total. The fourth-order valence-corrected chi connectivity index (χ4v) is 1.95. The van der Waals surface area contributed by atoms with E-state index in [2.05, 4.69) is 8.75 Å². The molecule has 1 unspecified atom stereocenters. The molecule has 1 atom stereocenters. The highest BCUT2D eigenvalue weighted by Gasteiger charge is 2.12. The SMILES string of the molecule is COc1ccc(CC(O)c2cnsn2)cc1F. The van der Waals surface area contributed by atoms with Crippen molar-refractivity contribution in [1.29, 1.82) is 0 Å². The van der Waals surface area contributed by atoms with Crippen molar-refractivity contribution in [2.75, 3.05) is 7.11 Å². The van der Waals surface area contributed by atoms with Gasteiger partial charge < -0.3 is 9.84 Å². The first-order valence-corrected chi connectivity index (χ1v) is 5.71. The van der Waals surface area contributed by atoms with E-state index < -0.39 is 11.9 Å². The van der Waals surface area contributed by atoms with Crippen molar-refractivity contribution >= 4 is 11.7 Å². The van der Waals surface area contributed by atoms with E-state index in [4.69, 9.17) is 4.74 Å². The zero-order valence-corrected chi connectivity index (χ0v) is 9.95. The van der Waals surface area contributed by atoms with Crippen LogP contribution >= 0.6 is 11.7 Å². The summed E-state index contributed by atoms with van der Waals surface area (Å²) in [7, 11) is 1.41. The van der Waals surface area contributed by atoms with Gasteiger partial charge in [0.05, 0.1) is 25.0 Å². The standard InChI is InChI=1S/C11H11FN2O2S/c1-16-11-3-2-7(4-8(11)12)5-10(15)9-6-13-17-14-9/h2-4,6,10,15H,5H2,1H3. The Hall–Kier alpha value is -1.53. The van der Waals surface area contributed by atoms with Crippen molar-refractivity contribution in [3.8, 4) is 5.75 Å². The lowest BCUT2D eigenvalue weighted by Crippen LogP contribution is -2.02. The van der Waals surface area contributed by atoms with Crippen molar-refractivity contribution in [2.45, 2.75) is 12.5 Å². The third-order valence-corrected chi connectivity index (χ3v) is 2.86. The predicted octanol–water partition coefficient (Wildman–Crippen LogP) is 1.96. The fraction of sp³-hybridized carbons (Fsp3) is 0.273. The van der Waals surface area contributed by atoms with Crippen molar-refractivity contribution < 1.29 is 14.2 Å². The molecule has 0 aliphatic heterocycles. The summed E-state index contributed by atoms with van der Waals surface area (Å²) in [6.07, 6.45) is 1.04. The number of aliphatic hydroxyl groups is 1. The third-order valence-electron chi connectivity index (χ3n) is 2.37. The van der Waals surface area contributed by atoms with Crippen molar-refractivity contribution in [1.82, 2.24) is 8.75 Å². The maximum absolute atomic E-state index is 13.4. The molecule has 0 bridgehead atoms. The number of benzene rings is 1. The van der Waals surface area contributed by atoms with Crippen LogP contribution in [0.1, 0.15) is 17.4 Å². The van der Waals surface area contributed by atoms with Gasteiger partial charge in [0, 0.05) is 6.42 Å². The highest BCUT2D eigenvalue weighted by Crippen LogP contribution is 2.21. The van der Waals surface area contributed by atoms with E-state index >= 15 is 0 Å². The fourth-order valence-electron chi connectivity index (χ4n) is 1.48. The van der Waals surface area contributed by atoms with Gasteiger partial charge >= 0.3 is 0 Å². The molecule has 2 rings (SSSR count). The summed E-state index contributed by atoms with van der Waals surface area (Å²) in [5, 5.41) is 9.83. The first kappa shape index (κ1) is 11.9. The van der Waals surface area contributed by atoms with Gasteiger partial charge in [0.1, 0.15) is 11.8 Å². The van der Waals surface area contributed by atoms with Crippen LogP contribution in [0.5, 0.6) is 5.75 Å². The molecular formula is C11H11FN2O2S. The van der Waals surface area contributed by atoms with Gasteiger partial charge in [0.25, 0.3) is 0 Å². The molecule has 2 aromatic rings. The lowest BCUT2D eigenvalue weighted by molar-refractivity contribution is 0.174. The van der Waals surface area contributed by atoms with Gasteiger partial charge in [0.15, 0.2) is 11.6 Å². The Morgan fingerprint density at radius 2 is 2.35 bits per heavy atom. The van der Waals surface area contributed by atoms with Crippen molar-refractivity contribution in [3.63, 3.8) is 0 Å². The lowest BCUT2D eigenvalue weighted by Gasteiger charge is -2.08. The molecule has 0 spiro atoms. The van der Waals surface area contributed by atoms with Crippen LogP contribution in [0.2, 0.25) is 0 Å². The molecule has 0 fully saturated rings. The smallest absolute Gasteiger partial charge is 0.165 e. The first-order valence-electron chi connectivity index (χ1n) is 4.98. The molecule has 1 aromatic carbocycles. The lowest BCUT2D eigenvalue weighted by atomic mass is 10.1. The monoisotopic (exact) mass is 254 g/mol. The minimum Gasteiger partial charge on any atom is -0.494 e. The van der Waals surface area contributed by atoms with E-state index in [1.165, 1.54) is 25.4 Å². The van der Waals surface area contributed by atoms with Crippen LogP contribution < -0.4 is 4.74 Å². The van der Waals surface area contributed by atoms with E-state index in [1.807, 2.05) is 0 Å². The molecule has 0 aliphatic rings. The van der Waals surface area contributed by atoms with Gasteiger partial charge in [-0.3, -0.25) is 0 Å². The van der Waals surface area contributed by atoms with Crippen LogP contribution in [0.4, 0.5) is 4.39 Å². The number of ether oxygens (including phenoxy) is 1. The quantitative estimate of drug-likeness (QED) is 0.906. The van der Waals surface area contributed by atoms with Crippen LogP contribution in [0, 0.1) is 5.82 Å². The summed E-state index contributed by atoms with van der Waals surface area (Å²) in [4.78, 5) is 0. The van der Waals surface area contributed by atoms with Crippen molar-refractivity contribution in [2.24, 2.45) is 0 Å². The largest absolute Gasteiger partial charge is 0.494 e. The Morgan fingerprint density at radius 1 is 1.53 bits per heavy atom. The van der Waals surface area contributed by atoms with E-state index in [9.17, 15) is 9.50 Å². The van der Waals surface area contributed by atoms with Crippen LogP contribution in [0.3, 0.4) is 0 Å². The number of nitrogens with zero attached hydrogens (tertiary/aromatic N) is 2. The van der Waals surface area contributed by atoms with Gasteiger partial charge in [-0.2, -0.15) is 8.75 Å². The van der Waals surface area contributed by atoms with Gasteiger partial charge in [-0.15, -0.1) is 0 Å². The van der Waals surface area contributed by atoms with Gasteiger partial charge in [-0.1, -0.05) is 6.07 Å². The summed E-state index contributed by atoms with van der Waals surface area (Å²) in [5.41, 5.74) is 1.19. The number of hydrogen-bond acceptors (Lipinski definition) is 5. The average molecular weight is 254 g/mol.